The van der Waals surface area contributed by atoms with Gasteiger partial charge in [-0.1, -0.05) is 23.7 Å². The fourth-order valence-corrected chi connectivity index (χ4v) is 2.87. The Morgan fingerprint density at radius 2 is 2.09 bits per heavy atom. The van der Waals surface area contributed by atoms with E-state index in [1.807, 2.05) is 5.38 Å². The number of phenols is 1. The average Bonchev–Trinajstić information content (AvgIpc) is 2.99. The highest BCUT2D eigenvalue weighted by atomic mass is 35.5. The van der Waals surface area contributed by atoms with Crippen LogP contribution in [0.2, 0.25) is 5.02 Å². The SMILES string of the molecule is O=[N+]([O-])c1cccc(-c2csc(Nc3ccc(O)c(Cl)c3)n2)c1. The van der Waals surface area contributed by atoms with E-state index in [0.29, 0.717) is 22.1 Å². The molecule has 0 aliphatic rings. The van der Waals surface area contributed by atoms with Crippen molar-refractivity contribution in [1.82, 2.24) is 4.98 Å². The summed E-state index contributed by atoms with van der Waals surface area (Å²) in [6.07, 6.45) is 0. The Morgan fingerprint density at radius 1 is 1.26 bits per heavy atom. The van der Waals surface area contributed by atoms with Crippen LogP contribution in [0.5, 0.6) is 5.75 Å². The maximum absolute atomic E-state index is 10.8. The highest BCUT2D eigenvalue weighted by Crippen LogP contribution is 2.31. The molecule has 0 radical (unpaired) electrons. The van der Waals surface area contributed by atoms with Gasteiger partial charge in [0.15, 0.2) is 5.13 Å². The third-order valence-corrected chi connectivity index (χ3v) is 4.12. The van der Waals surface area contributed by atoms with Crippen molar-refractivity contribution in [1.29, 1.82) is 0 Å². The zero-order valence-corrected chi connectivity index (χ0v) is 13.1. The third-order valence-electron chi connectivity index (χ3n) is 3.06. The van der Waals surface area contributed by atoms with Crippen molar-refractivity contribution in [3.63, 3.8) is 0 Å². The average molecular weight is 348 g/mol. The third kappa shape index (κ3) is 3.41. The van der Waals surface area contributed by atoms with Crippen molar-refractivity contribution in [3.8, 4) is 17.0 Å². The second-order valence-electron chi connectivity index (χ2n) is 4.64. The fraction of sp³-hybridized carbons (Fsp3) is 0. The lowest BCUT2D eigenvalue weighted by Gasteiger charge is -2.04. The molecule has 0 saturated heterocycles. The molecule has 23 heavy (non-hydrogen) atoms. The Labute approximate surface area is 140 Å². The minimum Gasteiger partial charge on any atom is -0.506 e. The van der Waals surface area contributed by atoms with Gasteiger partial charge in [-0.2, -0.15) is 0 Å². The number of benzene rings is 2. The van der Waals surface area contributed by atoms with Crippen LogP contribution in [0, 0.1) is 10.1 Å². The standard InChI is InChI=1S/C15H10ClN3O3S/c16-12-7-10(4-5-14(12)20)17-15-18-13(8-23-15)9-2-1-3-11(6-9)19(21)22/h1-8,20H,(H,17,18). The van der Waals surface area contributed by atoms with Gasteiger partial charge in [0.25, 0.3) is 5.69 Å². The number of halogens is 1. The lowest BCUT2D eigenvalue weighted by atomic mass is 10.1. The van der Waals surface area contributed by atoms with Gasteiger partial charge >= 0.3 is 0 Å². The molecule has 0 fully saturated rings. The molecule has 3 aromatic rings. The van der Waals surface area contributed by atoms with Gasteiger partial charge in [0.2, 0.25) is 0 Å². The zero-order valence-electron chi connectivity index (χ0n) is 11.6. The maximum atomic E-state index is 10.8. The number of aromatic nitrogens is 1. The first kappa shape index (κ1) is 15.3. The first-order valence-electron chi connectivity index (χ1n) is 6.49. The number of non-ortho nitro benzene ring substituents is 1. The van der Waals surface area contributed by atoms with Crippen LogP contribution in [0.1, 0.15) is 0 Å². The summed E-state index contributed by atoms with van der Waals surface area (Å²) in [6, 6.07) is 11.1. The highest BCUT2D eigenvalue weighted by molar-refractivity contribution is 7.14. The second-order valence-corrected chi connectivity index (χ2v) is 5.90. The van der Waals surface area contributed by atoms with E-state index in [0.717, 1.165) is 0 Å². The van der Waals surface area contributed by atoms with E-state index in [4.69, 9.17) is 11.6 Å². The summed E-state index contributed by atoms with van der Waals surface area (Å²) >= 11 is 7.22. The summed E-state index contributed by atoms with van der Waals surface area (Å²) in [5.74, 6) is 0.00800. The molecule has 3 rings (SSSR count). The first-order valence-corrected chi connectivity index (χ1v) is 7.74. The van der Waals surface area contributed by atoms with E-state index >= 15 is 0 Å². The van der Waals surface area contributed by atoms with Gasteiger partial charge in [0.05, 0.1) is 15.6 Å². The van der Waals surface area contributed by atoms with E-state index in [1.54, 1.807) is 24.3 Å². The molecule has 0 atom stereocenters. The molecule has 1 heterocycles. The molecule has 0 amide bonds. The molecule has 0 aliphatic heterocycles. The van der Waals surface area contributed by atoms with Gasteiger partial charge in [0.1, 0.15) is 5.75 Å². The van der Waals surface area contributed by atoms with Gasteiger partial charge in [0, 0.05) is 28.8 Å². The van der Waals surface area contributed by atoms with Crippen molar-refractivity contribution in [2.75, 3.05) is 5.32 Å². The van der Waals surface area contributed by atoms with Gasteiger partial charge in [-0.15, -0.1) is 11.3 Å². The minimum atomic E-state index is -0.437. The normalized spacial score (nSPS) is 10.5. The minimum absolute atomic E-state index is 0.00800. The van der Waals surface area contributed by atoms with Gasteiger partial charge in [-0.05, 0) is 18.2 Å². The number of anilines is 2. The van der Waals surface area contributed by atoms with E-state index < -0.39 is 4.92 Å². The summed E-state index contributed by atoms with van der Waals surface area (Å²) < 4.78 is 0. The molecule has 0 unspecified atom stereocenters. The summed E-state index contributed by atoms with van der Waals surface area (Å²) in [6.45, 7) is 0. The molecular formula is C15H10ClN3O3S. The second kappa shape index (κ2) is 6.23. The number of aromatic hydroxyl groups is 1. The Balaban J connectivity index is 1.84. The van der Waals surface area contributed by atoms with Crippen LogP contribution < -0.4 is 5.32 Å². The molecular weight excluding hydrogens is 338 g/mol. The summed E-state index contributed by atoms with van der Waals surface area (Å²) in [7, 11) is 0. The smallest absolute Gasteiger partial charge is 0.270 e. The summed E-state index contributed by atoms with van der Waals surface area (Å²) in [4.78, 5) is 14.8. The highest BCUT2D eigenvalue weighted by Gasteiger charge is 2.10. The number of thiazole rings is 1. The number of nitrogens with zero attached hydrogens (tertiary/aromatic N) is 2. The fourth-order valence-electron chi connectivity index (χ4n) is 1.95. The van der Waals surface area contributed by atoms with Crippen molar-refractivity contribution in [2.45, 2.75) is 0 Å². The van der Waals surface area contributed by atoms with Crippen LogP contribution in [0.25, 0.3) is 11.3 Å². The lowest BCUT2D eigenvalue weighted by Crippen LogP contribution is -1.90. The predicted octanol–water partition coefficient (Wildman–Crippen LogP) is 4.82. The Bertz CT molecular complexity index is 882. The Kier molecular flexibility index (Phi) is 4.14. The van der Waals surface area contributed by atoms with Crippen molar-refractivity contribution in [3.05, 3.63) is 63.0 Å². The van der Waals surface area contributed by atoms with Crippen LogP contribution in [0.3, 0.4) is 0 Å². The van der Waals surface area contributed by atoms with E-state index in [-0.39, 0.29) is 16.5 Å². The molecule has 2 aromatic carbocycles. The van der Waals surface area contributed by atoms with Crippen molar-refractivity contribution >= 4 is 39.4 Å². The van der Waals surface area contributed by atoms with Crippen LogP contribution in [-0.4, -0.2) is 15.0 Å². The summed E-state index contributed by atoms with van der Waals surface area (Å²) in [5.41, 5.74) is 2.03. The van der Waals surface area contributed by atoms with E-state index in [9.17, 15) is 15.2 Å². The molecule has 1 aromatic heterocycles. The zero-order chi connectivity index (χ0) is 16.4. The van der Waals surface area contributed by atoms with E-state index in [1.165, 1.54) is 29.5 Å². The monoisotopic (exact) mass is 347 g/mol. The molecule has 116 valence electrons. The number of hydrogen-bond donors (Lipinski definition) is 2. The molecule has 8 heteroatoms. The number of rotatable bonds is 4. The van der Waals surface area contributed by atoms with Crippen LogP contribution in [0.15, 0.2) is 47.8 Å². The van der Waals surface area contributed by atoms with Gasteiger partial charge in [-0.3, -0.25) is 10.1 Å². The van der Waals surface area contributed by atoms with Gasteiger partial charge in [-0.25, -0.2) is 4.98 Å². The van der Waals surface area contributed by atoms with Crippen LogP contribution in [0.4, 0.5) is 16.5 Å². The predicted molar refractivity (Wildman–Crippen MR) is 90.6 cm³/mol. The Hall–Kier alpha value is -2.64. The lowest BCUT2D eigenvalue weighted by molar-refractivity contribution is -0.384. The molecule has 0 spiro atoms. The number of nitro groups is 1. The number of nitro benzene ring substituents is 1. The van der Waals surface area contributed by atoms with Crippen LogP contribution >= 0.6 is 22.9 Å². The quantitative estimate of drug-likeness (QED) is 0.401. The van der Waals surface area contributed by atoms with Crippen molar-refractivity contribution in [2.24, 2.45) is 0 Å². The molecule has 0 aliphatic carbocycles. The number of nitrogens with one attached hydrogen (secondary N) is 1. The molecule has 0 bridgehead atoms. The molecule has 6 nitrogen and oxygen atoms in total. The molecule has 2 N–H and O–H groups in total. The first-order chi connectivity index (χ1) is 11.0. The number of phenolic OH excluding ortho intramolecular Hbond substituents is 1. The van der Waals surface area contributed by atoms with Crippen molar-refractivity contribution < 1.29 is 10.0 Å². The van der Waals surface area contributed by atoms with Crippen LogP contribution in [-0.2, 0) is 0 Å². The Morgan fingerprint density at radius 3 is 2.83 bits per heavy atom. The van der Waals surface area contributed by atoms with Gasteiger partial charge < -0.3 is 10.4 Å². The largest absolute Gasteiger partial charge is 0.506 e. The molecule has 0 saturated carbocycles. The topological polar surface area (TPSA) is 88.3 Å². The summed E-state index contributed by atoms with van der Waals surface area (Å²) in [5, 5.41) is 26.0. The number of hydrogen-bond acceptors (Lipinski definition) is 6. The maximum Gasteiger partial charge on any atom is 0.270 e. The van der Waals surface area contributed by atoms with E-state index in [2.05, 4.69) is 10.3 Å².